The van der Waals surface area contributed by atoms with Crippen LogP contribution in [-0.2, 0) is 16.6 Å². The largest absolute Gasteiger partial charge is 0.504 e. The van der Waals surface area contributed by atoms with E-state index in [-0.39, 0.29) is 17.5 Å². The second kappa shape index (κ2) is 3.33. The topological polar surface area (TPSA) is 66.8 Å². The minimum Gasteiger partial charge on any atom is -0.504 e. The van der Waals surface area contributed by atoms with Crippen LogP contribution in [0.5, 0.6) is 11.5 Å². The molecular weight excluding hydrogens is 268 g/mol. The molecule has 2 bridgehead atoms. The van der Waals surface area contributed by atoms with Gasteiger partial charge in [-0.2, -0.15) is 0 Å². The van der Waals surface area contributed by atoms with E-state index in [1.165, 1.54) is 6.08 Å². The summed E-state index contributed by atoms with van der Waals surface area (Å²) in [6, 6.07) is 3.56. The molecule has 1 aromatic carbocycles. The van der Waals surface area contributed by atoms with Gasteiger partial charge in [-0.1, -0.05) is 12.5 Å². The molecule has 1 heterocycles. The van der Waals surface area contributed by atoms with Crippen LogP contribution in [0.1, 0.15) is 30.4 Å². The average molecular weight is 284 g/mol. The lowest BCUT2D eigenvalue weighted by molar-refractivity contribution is -0.144. The van der Waals surface area contributed by atoms with Crippen LogP contribution in [0, 0.1) is 5.92 Å². The molecule has 4 heteroatoms. The van der Waals surface area contributed by atoms with Gasteiger partial charge in [0.15, 0.2) is 23.4 Å². The number of benzene rings is 1. The van der Waals surface area contributed by atoms with Crippen molar-refractivity contribution in [3.63, 3.8) is 0 Å². The van der Waals surface area contributed by atoms with Crippen LogP contribution in [-0.4, -0.2) is 27.7 Å². The number of hydrogen-bond acceptors (Lipinski definition) is 4. The first-order chi connectivity index (χ1) is 10.1. The number of phenols is 1. The van der Waals surface area contributed by atoms with Crippen LogP contribution in [0.2, 0.25) is 0 Å². The molecule has 4 nitrogen and oxygen atoms in total. The molecule has 1 aliphatic heterocycles. The van der Waals surface area contributed by atoms with E-state index in [0.29, 0.717) is 5.75 Å². The molecule has 3 aliphatic carbocycles. The molecule has 4 atom stereocenters. The van der Waals surface area contributed by atoms with E-state index >= 15 is 0 Å². The first-order valence-corrected chi connectivity index (χ1v) is 7.55. The van der Waals surface area contributed by atoms with Gasteiger partial charge in [-0.15, -0.1) is 0 Å². The average Bonchev–Trinajstić information content (AvgIpc) is 2.80. The summed E-state index contributed by atoms with van der Waals surface area (Å²) in [5, 5.41) is 21.6. The number of phenolic OH excluding ortho intramolecular Hbond substituents is 1. The van der Waals surface area contributed by atoms with Gasteiger partial charge in [0, 0.05) is 5.56 Å². The van der Waals surface area contributed by atoms with Crippen LogP contribution in [0.4, 0.5) is 0 Å². The Morgan fingerprint density at radius 3 is 3.05 bits per heavy atom. The lowest BCUT2D eigenvalue weighted by atomic mass is 9.47. The maximum atomic E-state index is 12.4. The van der Waals surface area contributed by atoms with Crippen molar-refractivity contribution < 1.29 is 19.7 Å². The SMILES string of the molecule is O=C1C=C[C@@]2(O)[C@@H]3CCC[C@@]24c2c(ccc(O)c2OC14)C3. The predicted molar refractivity (Wildman–Crippen MR) is 74.3 cm³/mol. The van der Waals surface area contributed by atoms with E-state index in [9.17, 15) is 15.0 Å². The molecule has 108 valence electrons. The molecule has 0 saturated heterocycles. The Labute approximate surface area is 122 Å². The highest BCUT2D eigenvalue weighted by Crippen LogP contribution is 2.65. The van der Waals surface area contributed by atoms with Crippen LogP contribution in [0.15, 0.2) is 24.3 Å². The van der Waals surface area contributed by atoms with Gasteiger partial charge in [-0.3, -0.25) is 4.79 Å². The molecule has 1 fully saturated rings. The molecule has 1 unspecified atom stereocenters. The Morgan fingerprint density at radius 1 is 1.33 bits per heavy atom. The first kappa shape index (κ1) is 11.8. The Bertz CT molecular complexity index is 722. The summed E-state index contributed by atoms with van der Waals surface area (Å²) < 4.78 is 5.88. The normalized spacial score (nSPS) is 41.7. The zero-order chi connectivity index (χ0) is 14.4. The summed E-state index contributed by atoms with van der Waals surface area (Å²) in [5.41, 5.74) is 0.255. The monoisotopic (exact) mass is 284 g/mol. The second-order valence-corrected chi connectivity index (χ2v) is 6.77. The van der Waals surface area contributed by atoms with Crippen LogP contribution in [0.25, 0.3) is 0 Å². The van der Waals surface area contributed by atoms with Crippen molar-refractivity contribution in [1.82, 2.24) is 0 Å². The maximum absolute atomic E-state index is 12.4. The molecule has 4 aliphatic rings. The molecule has 0 aromatic heterocycles. The van der Waals surface area contributed by atoms with E-state index in [1.54, 1.807) is 12.1 Å². The third-order valence-corrected chi connectivity index (χ3v) is 6.04. The summed E-state index contributed by atoms with van der Waals surface area (Å²) >= 11 is 0. The van der Waals surface area contributed by atoms with Crippen molar-refractivity contribution in [2.24, 2.45) is 5.92 Å². The number of ketones is 1. The number of aliphatic hydroxyl groups is 1. The summed E-state index contributed by atoms with van der Waals surface area (Å²) in [5.74, 6) is 0.485. The fourth-order valence-electron chi connectivity index (χ4n) is 5.22. The molecule has 1 saturated carbocycles. The number of aromatic hydroxyl groups is 1. The molecular formula is C17H16O4. The van der Waals surface area contributed by atoms with Gasteiger partial charge in [-0.05, 0) is 49.0 Å². The number of hydrogen-bond donors (Lipinski definition) is 2. The number of rotatable bonds is 0. The fourth-order valence-corrected chi connectivity index (χ4v) is 5.22. The van der Waals surface area contributed by atoms with Gasteiger partial charge in [0.05, 0.1) is 5.41 Å². The van der Waals surface area contributed by atoms with Crippen molar-refractivity contribution >= 4 is 5.78 Å². The van der Waals surface area contributed by atoms with Gasteiger partial charge in [0.2, 0.25) is 0 Å². The first-order valence-electron chi connectivity index (χ1n) is 7.55. The van der Waals surface area contributed by atoms with Crippen molar-refractivity contribution in [3.05, 3.63) is 35.4 Å². The van der Waals surface area contributed by atoms with Crippen molar-refractivity contribution in [2.45, 2.75) is 42.8 Å². The molecule has 1 aromatic rings. The third kappa shape index (κ3) is 1.06. The van der Waals surface area contributed by atoms with Gasteiger partial charge in [0.1, 0.15) is 5.60 Å². The van der Waals surface area contributed by atoms with Gasteiger partial charge < -0.3 is 14.9 Å². The Morgan fingerprint density at radius 2 is 2.19 bits per heavy atom. The lowest BCUT2D eigenvalue weighted by Crippen LogP contribution is -2.68. The summed E-state index contributed by atoms with van der Waals surface area (Å²) in [7, 11) is 0. The summed E-state index contributed by atoms with van der Waals surface area (Å²) in [6.07, 6.45) is 5.90. The zero-order valence-electron chi connectivity index (χ0n) is 11.5. The van der Waals surface area contributed by atoms with Gasteiger partial charge in [-0.25, -0.2) is 0 Å². The van der Waals surface area contributed by atoms with Crippen LogP contribution < -0.4 is 4.74 Å². The molecule has 21 heavy (non-hydrogen) atoms. The van der Waals surface area contributed by atoms with Crippen LogP contribution >= 0.6 is 0 Å². The Hall–Kier alpha value is -1.81. The number of ether oxygens (including phenoxy) is 1. The standard InChI is InChI=1S/C17H16O4/c18-11-4-3-9-8-10-2-1-6-16-13(9)14(11)21-15(16)12(19)5-7-17(10,16)20/h3-5,7,10,15,18,20H,1-2,6,8H2/t10-,15?,16+,17-/m1/s1. The predicted octanol–water partition coefficient (Wildman–Crippen LogP) is 1.62. The van der Waals surface area contributed by atoms with E-state index < -0.39 is 17.1 Å². The maximum Gasteiger partial charge on any atom is 0.196 e. The van der Waals surface area contributed by atoms with Gasteiger partial charge in [0.25, 0.3) is 0 Å². The Kier molecular flexibility index (Phi) is 1.87. The molecule has 2 N–H and O–H groups in total. The summed E-state index contributed by atoms with van der Waals surface area (Å²) in [6.45, 7) is 0. The number of carbonyl (C=O) groups is 1. The Balaban J connectivity index is 1.93. The van der Waals surface area contributed by atoms with Crippen molar-refractivity contribution in [2.75, 3.05) is 0 Å². The minimum absolute atomic E-state index is 0.0664. The van der Waals surface area contributed by atoms with E-state index in [1.807, 2.05) is 6.07 Å². The smallest absolute Gasteiger partial charge is 0.196 e. The quantitative estimate of drug-likeness (QED) is 0.759. The molecule has 5 rings (SSSR count). The summed E-state index contributed by atoms with van der Waals surface area (Å²) in [4.78, 5) is 12.4. The fraction of sp³-hybridized carbons (Fsp3) is 0.471. The van der Waals surface area contributed by atoms with Crippen LogP contribution in [0.3, 0.4) is 0 Å². The van der Waals surface area contributed by atoms with E-state index in [0.717, 1.165) is 36.8 Å². The molecule has 1 spiro atoms. The van der Waals surface area contributed by atoms with Gasteiger partial charge >= 0.3 is 0 Å². The number of carbonyl (C=O) groups excluding carboxylic acids is 1. The third-order valence-electron chi connectivity index (χ3n) is 6.04. The molecule has 0 radical (unpaired) electrons. The molecule has 0 amide bonds. The minimum atomic E-state index is -1.03. The van der Waals surface area contributed by atoms with E-state index in [2.05, 4.69) is 0 Å². The van der Waals surface area contributed by atoms with Crippen molar-refractivity contribution in [1.29, 1.82) is 0 Å². The lowest BCUT2D eigenvalue weighted by Gasteiger charge is -2.57. The zero-order valence-corrected chi connectivity index (χ0v) is 11.5. The van der Waals surface area contributed by atoms with Crippen molar-refractivity contribution in [3.8, 4) is 11.5 Å². The second-order valence-electron chi connectivity index (χ2n) is 6.77. The highest BCUT2D eigenvalue weighted by molar-refractivity contribution is 5.98. The van der Waals surface area contributed by atoms with E-state index in [4.69, 9.17) is 4.74 Å². The highest BCUT2D eigenvalue weighted by atomic mass is 16.5. The highest BCUT2D eigenvalue weighted by Gasteiger charge is 2.70.